The highest BCUT2D eigenvalue weighted by Gasteiger charge is 2.19. The van der Waals surface area contributed by atoms with Crippen molar-refractivity contribution in [2.45, 2.75) is 11.8 Å². The summed E-state index contributed by atoms with van der Waals surface area (Å²) in [5.74, 6) is 0.206. The predicted octanol–water partition coefficient (Wildman–Crippen LogP) is 2.65. The highest BCUT2D eigenvalue weighted by molar-refractivity contribution is 9.10. The van der Waals surface area contributed by atoms with Crippen LogP contribution >= 0.6 is 27.7 Å². The van der Waals surface area contributed by atoms with Crippen LogP contribution in [0.25, 0.3) is 0 Å². The standard InChI is InChI=1S/C13H16BrNO4S2/c1-3-5-20-6-4-15-21(18,19)10-7-11(13(16)17)9(2)12(14)8-10/h3,7-8,15H,1,4-6H2,2H3,(H,16,17). The average Bonchev–Trinajstić information content (AvgIpc) is 2.40. The number of carboxylic acid groups (broad SMARTS) is 1. The smallest absolute Gasteiger partial charge is 0.336 e. The van der Waals surface area contributed by atoms with Gasteiger partial charge in [-0.3, -0.25) is 0 Å². The van der Waals surface area contributed by atoms with Crippen molar-refractivity contribution in [3.8, 4) is 0 Å². The molecule has 0 radical (unpaired) electrons. The summed E-state index contributed by atoms with van der Waals surface area (Å²) in [5.41, 5.74) is 0.453. The maximum Gasteiger partial charge on any atom is 0.336 e. The Hall–Kier alpha value is -0.830. The molecule has 1 aromatic carbocycles. The number of sulfonamides is 1. The Balaban J connectivity index is 2.93. The number of hydrogen-bond acceptors (Lipinski definition) is 4. The molecule has 8 heteroatoms. The number of halogens is 1. The van der Waals surface area contributed by atoms with Crippen molar-refractivity contribution in [3.05, 3.63) is 40.4 Å². The second kappa shape index (κ2) is 7.98. The van der Waals surface area contributed by atoms with Gasteiger partial charge in [0.25, 0.3) is 0 Å². The van der Waals surface area contributed by atoms with Crippen LogP contribution in [-0.4, -0.2) is 37.5 Å². The van der Waals surface area contributed by atoms with Crippen LogP contribution in [-0.2, 0) is 10.0 Å². The number of aromatic carboxylic acids is 1. The molecule has 0 aliphatic carbocycles. The van der Waals surface area contributed by atoms with E-state index in [1.54, 1.807) is 24.8 Å². The van der Waals surface area contributed by atoms with Gasteiger partial charge >= 0.3 is 5.97 Å². The second-order valence-electron chi connectivity index (χ2n) is 4.14. The van der Waals surface area contributed by atoms with Crippen molar-refractivity contribution in [1.29, 1.82) is 0 Å². The van der Waals surface area contributed by atoms with Gasteiger partial charge in [0.2, 0.25) is 10.0 Å². The summed E-state index contributed by atoms with van der Waals surface area (Å²) in [7, 11) is -3.73. The maximum absolute atomic E-state index is 12.1. The van der Waals surface area contributed by atoms with E-state index in [4.69, 9.17) is 5.11 Å². The molecule has 5 nitrogen and oxygen atoms in total. The largest absolute Gasteiger partial charge is 0.478 e. The minimum Gasteiger partial charge on any atom is -0.478 e. The summed E-state index contributed by atoms with van der Waals surface area (Å²) in [4.78, 5) is 11.1. The summed E-state index contributed by atoms with van der Waals surface area (Å²) < 4.78 is 27.2. The molecule has 0 spiro atoms. The predicted molar refractivity (Wildman–Crippen MR) is 88.5 cm³/mol. The Morgan fingerprint density at radius 3 is 2.76 bits per heavy atom. The third-order valence-corrected chi connectivity index (χ3v) is 5.86. The number of carboxylic acids is 1. The Bertz CT molecular complexity index is 644. The van der Waals surface area contributed by atoms with Crippen LogP contribution in [0.2, 0.25) is 0 Å². The fourth-order valence-electron chi connectivity index (χ4n) is 1.53. The highest BCUT2D eigenvalue weighted by atomic mass is 79.9. The van der Waals surface area contributed by atoms with E-state index in [9.17, 15) is 13.2 Å². The summed E-state index contributed by atoms with van der Waals surface area (Å²) in [5, 5.41) is 9.10. The van der Waals surface area contributed by atoms with Crippen LogP contribution in [0.4, 0.5) is 0 Å². The van der Waals surface area contributed by atoms with Crippen molar-refractivity contribution in [2.75, 3.05) is 18.1 Å². The Morgan fingerprint density at radius 2 is 2.19 bits per heavy atom. The van der Waals surface area contributed by atoms with Gasteiger partial charge in [-0.15, -0.1) is 6.58 Å². The Morgan fingerprint density at radius 1 is 1.52 bits per heavy atom. The molecule has 116 valence electrons. The molecule has 0 fully saturated rings. The molecule has 0 unspecified atom stereocenters. The number of hydrogen-bond donors (Lipinski definition) is 2. The van der Waals surface area contributed by atoms with Gasteiger partial charge in [0.05, 0.1) is 10.5 Å². The Labute approximate surface area is 137 Å². The molecule has 0 amide bonds. The first-order valence-corrected chi connectivity index (χ1v) is 9.44. The summed E-state index contributed by atoms with van der Waals surface area (Å²) in [6.45, 7) is 5.47. The fourth-order valence-corrected chi connectivity index (χ4v) is 3.93. The van der Waals surface area contributed by atoms with Crippen LogP contribution in [0.15, 0.2) is 34.2 Å². The first-order valence-electron chi connectivity index (χ1n) is 6.01. The molecule has 21 heavy (non-hydrogen) atoms. The minimum absolute atomic E-state index is 0.0363. The van der Waals surface area contributed by atoms with Crippen molar-refractivity contribution in [1.82, 2.24) is 4.72 Å². The number of benzene rings is 1. The van der Waals surface area contributed by atoms with Crippen LogP contribution in [0, 0.1) is 6.92 Å². The second-order valence-corrected chi connectivity index (χ2v) is 7.92. The van der Waals surface area contributed by atoms with Gasteiger partial charge < -0.3 is 5.11 Å². The highest BCUT2D eigenvalue weighted by Crippen LogP contribution is 2.24. The molecular weight excluding hydrogens is 378 g/mol. The van der Waals surface area contributed by atoms with Crippen LogP contribution < -0.4 is 4.72 Å². The lowest BCUT2D eigenvalue weighted by atomic mass is 10.1. The van der Waals surface area contributed by atoms with Gasteiger partial charge in [0.15, 0.2) is 0 Å². The molecule has 1 rings (SSSR count). The fraction of sp³-hybridized carbons (Fsp3) is 0.308. The zero-order valence-corrected chi connectivity index (χ0v) is 14.6. The summed E-state index contributed by atoms with van der Waals surface area (Å²) in [6.07, 6.45) is 1.75. The van der Waals surface area contributed by atoms with Crippen molar-refractivity contribution >= 4 is 43.7 Å². The molecule has 2 N–H and O–H groups in total. The van der Waals surface area contributed by atoms with E-state index in [-0.39, 0.29) is 17.0 Å². The lowest BCUT2D eigenvalue weighted by Crippen LogP contribution is -2.26. The number of rotatable bonds is 8. The molecule has 0 aliphatic heterocycles. The lowest BCUT2D eigenvalue weighted by molar-refractivity contribution is 0.0695. The molecule has 1 aromatic rings. The quantitative estimate of drug-likeness (QED) is 0.523. The molecule has 0 aliphatic rings. The van der Waals surface area contributed by atoms with Crippen LogP contribution in [0.3, 0.4) is 0 Å². The number of thioether (sulfide) groups is 1. The van der Waals surface area contributed by atoms with E-state index in [2.05, 4.69) is 27.2 Å². The van der Waals surface area contributed by atoms with Gasteiger partial charge in [-0.2, -0.15) is 11.8 Å². The first kappa shape index (κ1) is 18.2. The minimum atomic E-state index is -3.73. The normalized spacial score (nSPS) is 11.3. The van der Waals surface area contributed by atoms with E-state index >= 15 is 0 Å². The molecule has 0 saturated heterocycles. The molecule has 0 bridgehead atoms. The number of carbonyl (C=O) groups is 1. The summed E-state index contributed by atoms with van der Waals surface area (Å²) >= 11 is 4.74. The third kappa shape index (κ3) is 5.14. The topological polar surface area (TPSA) is 83.5 Å². The van der Waals surface area contributed by atoms with Crippen LogP contribution in [0.1, 0.15) is 15.9 Å². The van der Waals surface area contributed by atoms with Gasteiger partial charge in [-0.1, -0.05) is 22.0 Å². The lowest BCUT2D eigenvalue weighted by Gasteiger charge is -2.10. The molecule has 0 heterocycles. The van der Waals surface area contributed by atoms with Crippen molar-refractivity contribution in [3.63, 3.8) is 0 Å². The van der Waals surface area contributed by atoms with E-state index in [1.165, 1.54) is 12.1 Å². The van der Waals surface area contributed by atoms with Crippen LogP contribution in [0.5, 0.6) is 0 Å². The third-order valence-electron chi connectivity index (χ3n) is 2.63. The van der Waals surface area contributed by atoms with E-state index in [1.807, 2.05) is 0 Å². The van der Waals surface area contributed by atoms with Gasteiger partial charge in [-0.05, 0) is 24.6 Å². The molecule has 0 saturated carbocycles. The van der Waals surface area contributed by atoms with Gasteiger partial charge in [0.1, 0.15) is 0 Å². The SMILES string of the molecule is C=CCSCCNS(=O)(=O)c1cc(Br)c(C)c(C(=O)O)c1. The van der Waals surface area contributed by atoms with Crippen molar-refractivity contribution < 1.29 is 18.3 Å². The van der Waals surface area contributed by atoms with Gasteiger partial charge in [-0.25, -0.2) is 17.9 Å². The molecule has 0 aromatic heterocycles. The van der Waals surface area contributed by atoms with Crippen molar-refractivity contribution in [2.24, 2.45) is 0 Å². The molecular formula is C13H16BrNO4S2. The van der Waals surface area contributed by atoms with Gasteiger partial charge in [0, 0.05) is 22.5 Å². The monoisotopic (exact) mass is 393 g/mol. The zero-order valence-electron chi connectivity index (χ0n) is 11.4. The zero-order chi connectivity index (χ0) is 16.0. The number of nitrogens with one attached hydrogen (secondary N) is 1. The first-order chi connectivity index (χ1) is 9.79. The van der Waals surface area contributed by atoms with E-state index < -0.39 is 16.0 Å². The molecule has 0 atom stereocenters. The average molecular weight is 394 g/mol. The Kier molecular flexibility index (Phi) is 6.92. The summed E-state index contributed by atoms with van der Waals surface area (Å²) in [6, 6.07) is 2.57. The van der Waals surface area contributed by atoms with E-state index in [0.717, 1.165) is 5.75 Å². The van der Waals surface area contributed by atoms with E-state index in [0.29, 0.717) is 15.8 Å². The maximum atomic E-state index is 12.1.